The van der Waals surface area contributed by atoms with Crippen LogP contribution < -0.4 is 10.1 Å². The number of carbonyl (C=O) groups is 1. The summed E-state index contributed by atoms with van der Waals surface area (Å²) in [7, 11) is 0. The number of rotatable bonds is 4. The van der Waals surface area contributed by atoms with Gasteiger partial charge >= 0.3 is 0 Å². The van der Waals surface area contributed by atoms with Gasteiger partial charge in [-0.25, -0.2) is 4.39 Å². The first kappa shape index (κ1) is 15.0. The molecule has 106 valence electrons. The standard InChI is InChI=1S/C15H10BrFN2O2/c16-13-6-3-11(17)7-14(13)19-15(20)9-21-12-4-1-10(8-18)2-5-12/h1-7H,9H2,(H,19,20). The normalized spacial score (nSPS) is 9.76. The zero-order valence-corrected chi connectivity index (χ0v) is 12.4. The fraction of sp³-hybridized carbons (Fsp3) is 0.0667. The van der Waals surface area contributed by atoms with Gasteiger partial charge in [-0.05, 0) is 58.4 Å². The predicted octanol–water partition coefficient (Wildman–Crippen LogP) is 3.48. The minimum absolute atomic E-state index is 0.213. The zero-order valence-electron chi connectivity index (χ0n) is 10.8. The average Bonchev–Trinajstić information content (AvgIpc) is 2.49. The Balaban J connectivity index is 1.92. The van der Waals surface area contributed by atoms with E-state index in [4.69, 9.17) is 10.00 Å². The summed E-state index contributed by atoms with van der Waals surface area (Å²) in [5, 5.41) is 11.2. The van der Waals surface area contributed by atoms with Gasteiger partial charge in [-0.3, -0.25) is 4.79 Å². The first-order valence-corrected chi connectivity index (χ1v) is 6.75. The maximum Gasteiger partial charge on any atom is 0.262 e. The molecule has 4 nitrogen and oxygen atoms in total. The Morgan fingerprint density at radius 2 is 2.00 bits per heavy atom. The lowest BCUT2D eigenvalue weighted by Gasteiger charge is -2.09. The van der Waals surface area contributed by atoms with E-state index in [0.29, 0.717) is 21.5 Å². The second-order valence-corrected chi connectivity index (χ2v) is 4.95. The molecule has 0 aliphatic heterocycles. The van der Waals surface area contributed by atoms with Crippen LogP contribution in [0.3, 0.4) is 0 Å². The molecular formula is C15H10BrFN2O2. The van der Waals surface area contributed by atoms with E-state index in [2.05, 4.69) is 21.2 Å². The minimum atomic E-state index is -0.443. The summed E-state index contributed by atoms with van der Waals surface area (Å²) >= 11 is 3.22. The van der Waals surface area contributed by atoms with Crippen LogP contribution in [0.15, 0.2) is 46.9 Å². The molecular weight excluding hydrogens is 339 g/mol. The largest absolute Gasteiger partial charge is 0.484 e. The van der Waals surface area contributed by atoms with Crippen LogP contribution in [0.25, 0.3) is 0 Å². The molecule has 0 aromatic heterocycles. The molecule has 0 aliphatic carbocycles. The fourth-order valence-electron chi connectivity index (χ4n) is 1.55. The van der Waals surface area contributed by atoms with E-state index in [9.17, 15) is 9.18 Å². The van der Waals surface area contributed by atoms with Gasteiger partial charge in [0.25, 0.3) is 5.91 Å². The number of amides is 1. The van der Waals surface area contributed by atoms with E-state index in [-0.39, 0.29) is 6.61 Å². The molecule has 1 N–H and O–H groups in total. The smallest absolute Gasteiger partial charge is 0.262 e. The van der Waals surface area contributed by atoms with Crippen LogP contribution in [0.5, 0.6) is 5.75 Å². The number of nitrogens with one attached hydrogen (secondary N) is 1. The third-order valence-electron chi connectivity index (χ3n) is 2.56. The van der Waals surface area contributed by atoms with Crippen LogP contribution in [-0.2, 0) is 4.79 Å². The van der Waals surface area contributed by atoms with Gasteiger partial charge in [-0.1, -0.05) is 0 Å². The zero-order chi connectivity index (χ0) is 15.2. The SMILES string of the molecule is N#Cc1ccc(OCC(=O)Nc2cc(F)ccc2Br)cc1. The summed E-state index contributed by atoms with van der Waals surface area (Å²) in [6.07, 6.45) is 0. The number of hydrogen-bond acceptors (Lipinski definition) is 3. The van der Waals surface area contributed by atoms with Crippen molar-refractivity contribution >= 4 is 27.5 Å². The summed E-state index contributed by atoms with van der Waals surface area (Å²) in [6, 6.07) is 12.4. The second kappa shape index (κ2) is 6.86. The fourth-order valence-corrected chi connectivity index (χ4v) is 1.90. The van der Waals surface area contributed by atoms with Crippen molar-refractivity contribution in [2.24, 2.45) is 0 Å². The Morgan fingerprint density at radius 3 is 2.67 bits per heavy atom. The van der Waals surface area contributed by atoms with E-state index in [1.54, 1.807) is 24.3 Å². The first-order valence-electron chi connectivity index (χ1n) is 5.96. The summed E-state index contributed by atoms with van der Waals surface area (Å²) in [5.41, 5.74) is 0.846. The number of anilines is 1. The van der Waals surface area contributed by atoms with E-state index in [0.717, 1.165) is 0 Å². The molecule has 2 rings (SSSR count). The lowest BCUT2D eigenvalue weighted by atomic mass is 10.2. The highest BCUT2D eigenvalue weighted by Gasteiger charge is 2.07. The van der Waals surface area contributed by atoms with Crippen molar-refractivity contribution in [3.63, 3.8) is 0 Å². The summed E-state index contributed by atoms with van der Waals surface area (Å²) in [6.45, 7) is -0.213. The molecule has 0 atom stereocenters. The lowest BCUT2D eigenvalue weighted by Crippen LogP contribution is -2.20. The highest BCUT2D eigenvalue weighted by atomic mass is 79.9. The highest BCUT2D eigenvalue weighted by Crippen LogP contribution is 2.23. The van der Waals surface area contributed by atoms with Crippen molar-refractivity contribution in [2.45, 2.75) is 0 Å². The quantitative estimate of drug-likeness (QED) is 0.919. The topological polar surface area (TPSA) is 62.1 Å². The molecule has 0 saturated heterocycles. The number of nitriles is 1. The van der Waals surface area contributed by atoms with E-state index < -0.39 is 11.7 Å². The van der Waals surface area contributed by atoms with Gasteiger partial charge in [0, 0.05) is 4.47 Å². The molecule has 6 heteroatoms. The Labute approximate surface area is 129 Å². The van der Waals surface area contributed by atoms with Gasteiger partial charge in [-0.15, -0.1) is 0 Å². The molecule has 0 heterocycles. The maximum absolute atomic E-state index is 13.1. The molecule has 0 bridgehead atoms. The summed E-state index contributed by atoms with van der Waals surface area (Å²) in [4.78, 5) is 11.7. The van der Waals surface area contributed by atoms with Crippen LogP contribution in [0.2, 0.25) is 0 Å². The van der Waals surface area contributed by atoms with Crippen LogP contribution in [0.1, 0.15) is 5.56 Å². The van der Waals surface area contributed by atoms with Crippen LogP contribution in [0.4, 0.5) is 10.1 Å². The second-order valence-electron chi connectivity index (χ2n) is 4.10. The summed E-state index contributed by atoms with van der Waals surface area (Å²) in [5.74, 6) is -0.380. The van der Waals surface area contributed by atoms with Gasteiger partial charge in [0.15, 0.2) is 6.61 Å². The molecule has 2 aromatic rings. The van der Waals surface area contributed by atoms with Gasteiger partial charge in [-0.2, -0.15) is 5.26 Å². The van der Waals surface area contributed by atoms with Gasteiger partial charge in [0.1, 0.15) is 11.6 Å². The minimum Gasteiger partial charge on any atom is -0.484 e. The average molecular weight is 349 g/mol. The molecule has 0 fully saturated rings. The molecule has 1 amide bonds. The van der Waals surface area contributed by atoms with Crippen molar-refractivity contribution in [3.05, 3.63) is 58.3 Å². The number of halogens is 2. The van der Waals surface area contributed by atoms with Crippen molar-refractivity contribution < 1.29 is 13.9 Å². The molecule has 0 saturated carbocycles. The Kier molecular flexibility index (Phi) is 4.90. The van der Waals surface area contributed by atoms with Crippen LogP contribution in [-0.4, -0.2) is 12.5 Å². The van der Waals surface area contributed by atoms with Crippen molar-refractivity contribution in [3.8, 4) is 11.8 Å². The molecule has 2 aromatic carbocycles. The molecule has 0 unspecified atom stereocenters. The third kappa shape index (κ3) is 4.29. The Bertz CT molecular complexity index is 696. The van der Waals surface area contributed by atoms with Crippen molar-refractivity contribution in [2.75, 3.05) is 11.9 Å². The van der Waals surface area contributed by atoms with Crippen LogP contribution in [0, 0.1) is 17.1 Å². The Morgan fingerprint density at radius 1 is 1.29 bits per heavy atom. The van der Waals surface area contributed by atoms with E-state index >= 15 is 0 Å². The molecule has 0 radical (unpaired) electrons. The lowest BCUT2D eigenvalue weighted by molar-refractivity contribution is -0.118. The Hall–Kier alpha value is -2.39. The van der Waals surface area contributed by atoms with E-state index in [1.165, 1.54) is 18.2 Å². The number of carbonyl (C=O) groups excluding carboxylic acids is 1. The number of benzene rings is 2. The van der Waals surface area contributed by atoms with Crippen molar-refractivity contribution in [1.82, 2.24) is 0 Å². The number of ether oxygens (including phenoxy) is 1. The van der Waals surface area contributed by atoms with Gasteiger partial charge < -0.3 is 10.1 Å². The molecule has 21 heavy (non-hydrogen) atoms. The maximum atomic E-state index is 13.1. The summed E-state index contributed by atoms with van der Waals surface area (Å²) < 4.78 is 18.9. The number of hydrogen-bond donors (Lipinski definition) is 1. The van der Waals surface area contributed by atoms with Gasteiger partial charge in [0.05, 0.1) is 17.3 Å². The van der Waals surface area contributed by atoms with Crippen LogP contribution >= 0.6 is 15.9 Å². The first-order chi connectivity index (χ1) is 10.1. The monoisotopic (exact) mass is 348 g/mol. The van der Waals surface area contributed by atoms with Crippen molar-refractivity contribution in [1.29, 1.82) is 5.26 Å². The number of nitrogens with zero attached hydrogens (tertiary/aromatic N) is 1. The highest BCUT2D eigenvalue weighted by molar-refractivity contribution is 9.10. The third-order valence-corrected chi connectivity index (χ3v) is 3.25. The van der Waals surface area contributed by atoms with E-state index in [1.807, 2.05) is 6.07 Å². The molecule has 0 spiro atoms. The molecule has 0 aliphatic rings. The predicted molar refractivity (Wildman–Crippen MR) is 79.4 cm³/mol. The van der Waals surface area contributed by atoms with Gasteiger partial charge in [0.2, 0.25) is 0 Å².